The molecule has 1 aromatic rings. The summed E-state index contributed by atoms with van der Waals surface area (Å²) in [5.41, 5.74) is 6.08. The Labute approximate surface area is 112 Å². The SMILES string of the molecule is CC(C)C(C(=O)N(C)c1cccc(F)c1)C(N)=S. The van der Waals surface area contributed by atoms with Gasteiger partial charge in [0.15, 0.2) is 0 Å². The number of hydrogen-bond donors (Lipinski definition) is 1. The van der Waals surface area contributed by atoms with Crippen LogP contribution in [0.3, 0.4) is 0 Å². The molecule has 0 aliphatic rings. The Hall–Kier alpha value is -1.49. The van der Waals surface area contributed by atoms with E-state index in [9.17, 15) is 9.18 Å². The van der Waals surface area contributed by atoms with Crippen molar-refractivity contribution in [3.05, 3.63) is 30.1 Å². The van der Waals surface area contributed by atoms with E-state index in [0.29, 0.717) is 5.69 Å². The van der Waals surface area contributed by atoms with Crippen molar-refractivity contribution in [2.24, 2.45) is 17.6 Å². The highest BCUT2D eigenvalue weighted by Crippen LogP contribution is 2.20. The molecular formula is C13H17FN2OS. The van der Waals surface area contributed by atoms with E-state index in [1.165, 1.54) is 17.0 Å². The van der Waals surface area contributed by atoms with Crippen LogP contribution in [0.2, 0.25) is 0 Å². The molecule has 0 radical (unpaired) electrons. The first-order valence-corrected chi connectivity index (χ1v) is 6.08. The highest BCUT2D eigenvalue weighted by Gasteiger charge is 2.28. The van der Waals surface area contributed by atoms with Crippen LogP contribution < -0.4 is 10.6 Å². The third kappa shape index (κ3) is 3.26. The smallest absolute Gasteiger partial charge is 0.236 e. The summed E-state index contributed by atoms with van der Waals surface area (Å²) in [5, 5.41) is 0. The van der Waals surface area contributed by atoms with E-state index < -0.39 is 5.92 Å². The molecule has 1 aromatic carbocycles. The summed E-state index contributed by atoms with van der Waals surface area (Å²) in [7, 11) is 1.59. The molecule has 0 aliphatic carbocycles. The van der Waals surface area contributed by atoms with Crippen LogP contribution >= 0.6 is 12.2 Å². The van der Waals surface area contributed by atoms with Crippen molar-refractivity contribution in [1.82, 2.24) is 0 Å². The minimum atomic E-state index is -0.534. The molecule has 0 saturated carbocycles. The van der Waals surface area contributed by atoms with Crippen molar-refractivity contribution in [2.45, 2.75) is 13.8 Å². The number of carbonyl (C=O) groups is 1. The van der Waals surface area contributed by atoms with E-state index in [1.54, 1.807) is 19.2 Å². The second-order valence-electron chi connectivity index (χ2n) is 4.50. The zero-order chi connectivity index (χ0) is 13.9. The third-order valence-corrected chi connectivity index (χ3v) is 3.02. The van der Waals surface area contributed by atoms with Gasteiger partial charge >= 0.3 is 0 Å². The fraction of sp³-hybridized carbons (Fsp3) is 0.385. The second-order valence-corrected chi connectivity index (χ2v) is 4.97. The van der Waals surface area contributed by atoms with Gasteiger partial charge in [0.05, 0.1) is 10.9 Å². The van der Waals surface area contributed by atoms with Crippen molar-refractivity contribution in [3.63, 3.8) is 0 Å². The first-order valence-electron chi connectivity index (χ1n) is 5.67. The van der Waals surface area contributed by atoms with E-state index in [-0.39, 0.29) is 22.6 Å². The predicted octanol–water partition coefficient (Wildman–Crippen LogP) is 2.35. The minimum Gasteiger partial charge on any atom is -0.393 e. The zero-order valence-corrected chi connectivity index (χ0v) is 11.5. The van der Waals surface area contributed by atoms with Gasteiger partial charge in [0.1, 0.15) is 5.82 Å². The zero-order valence-electron chi connectivity index (χ0n) is 10.7. The van der Waals surface area contributed by atoms with Gasteiger partial charge in [0, 0.05) is 12.7 Å². The van der Waals surface area contributed by atoms with Crippen LogP contribution in [0, 0.1) is 17.7 Å². The van der Waals surface area contributed by atoms with Gasteiger partial charge in [-0.15, -0.1) is 0 Å². The number of nitrogens with two attached hydrogens (primary N) is 1. The van der Waals surface area contributed by atoms with Gasteiger partial charge in [-0.2, -0.15) is 0 Å². The normalized spacial score (nSPS) is 12.3. The third-order valence-electron chi connectivity index (χ3n) is 2.77. The van der Waals surface area contributed by atoms with E-state index in [1.807, 2.05) is 13.8 Å². The Morgan fingerprint density at radius 2 is 2.06 bits per heavy atom. The number of nitrogens with zero attached hydrogens (tertiary/aromatic N) is 1. The fourth-order valence-corrected chi connectivity index (χ4v) is 2.13. The lowest BCUT2D eigenvalue weighted by Crippen LogP contribution is -2.41. The number of halogens is 1. The summed E-state index contributed by atoms with van der Waals surface area (Å²) < 4.78 is 13.1. The lowest BCUT2D eigenvalue weighted by atomic mass is 9.94. The molecule has 0 spiro atoms. The van der Waals surface area contributed by atoms with Crippen LogP contribution in [0.25, 0.3) is 0 Å². The monoisotopic (exact) mass is 268 g/mol. The number of benzene rings is 1. The first-order chi connectivity index (χ1) is 8.34. The molecule has 2 N–H and O–H groups in total. The van der Waals surface area contributed by atoms with Crippen molar-refractivity contribution >= 4 is 28.8 Å². The number of hydrogen-bond acceptors (Lipinski definition) is 2. The largest absolute Gasteiger partial charge is 0.393 e. The van der Waals surface area contributed by atoms with E-state index >= 15 is 0 Å². The molecule has 98 valence electrons. The van der Waals surface area contributed by atoms with Gasteiger partial charge in [-0.25, -0.2) is 4.39 Å². The average Bonchev–Trinajstić information content (AvgIpc) is 2.26. The average molecular weight is 268 g/mol. The lowest BCUT2D eigenvalue weighted by Gasteiger charge is -2.25. The molecule has 1 atom stereocenters. The van der Waals surface area contributed by atoms with Crippen LogP contribution in [-0.2, 0) is 4.79 Å². The van der Waals surface area contributed by atoms with E-state index in [4.69, 9.17) is 18.0 Å². The summed E-state index contributed by atoms with van der Waals surface area (Å²) in [6, 6.07) is 5.85. The van der Waals surface area contributed by atoms with Gasteiger partial charge in [-0.1, -0.05) is 32.1 Å². The van der Waals surface area contributed by atoms with Crippen molar-refractivity contribution in [1.29, 1.82) is 0 Å². The predicted molar refractivity (Wildman–Crippen MR) is 74.9 cm³/mol. The van der Waals surface area contributed by atoms with E-state index in [2.05, 4.69) is 0 Å². The maximum Gasteiger partial charge on any atom is 0.236 e. The standard InChI is InChI=1S/C13H17FN2OS/c1-8(2)11(12(15)18)13(17)16(3)10-6-4-5-9(14)7-10/h4-8,11H,1-3H3,(H2,15,18). The van der Waals surface area contributed by atoms with Crippen molar-refractivity contribution in [2.75, 3.05) is 11.9 Å². The van der Waals surface area contributed by atoms with E-state index in [0.717, 1.165) is 0 Å². The van der Waals surface area contributed by atoms with Crippen LogP contribution in [-0.4, -0.2) is 17.9 Å². The number of amides is 1. The Bertz CT molecular complexity index is 462. The minimum absolute atomic E-state index is 0.00556. The number of thiocarbonyl (C=S) groups is 1. The fourth-order valence-electron chi connectivity index (χ4n) is 1.76. The summed E-state index contributed by atoms with van der Waals surface area (Å²) in [6.07, 6.45) is 0. The van der Waals surface area contributed by atoms with Crippen molar-refractivity contribution in [3.8, 4) is 0 Å². The Balaban J connectivity index is 2.99. The van der Waals surface area contributed by atoms with Crippen LogP contribution in [0.1, 0.15) is 13.8 Å². The molecule has 0 aromatic heterocycles. The van der Waals surface area contributed by atoms with Crippen LogP contribution in [0.4, 0.5) is 10.1 Å². The van der Waals surface area contributed by atoms with Crippen LogP contribution in [0.5, 0.6) is 0 Å². The molecular weight excluding hydrogens is 251 g/mol. The van der Waals surface area contributed by atoms with Gasteiger partial charge < -0.3 is 10.6 Å². The Morgan fingerprint density at radius 1 is 1.44 bits per heavy atom. The number of anilines is 1. The van der Waals surface area contributed by atoms with Crippen LogP contribution in [0.15, 0.2) is 24.3 Å². The molecule has 0 bridgehead atoms. The summed E-state index contributed by atoms with van der Waals surface area (Å²) in [5.74, 6) is -1.13. The molecule has 18 heavy (non-hydrogen) atoms. The number of carbonyl (C=O) groups excluding carboxylic acids is 1. The highest BCUT2D eigenvalue weighted by molar-refractivity contribution is 7.80. The van der Waals surface area contributed by atoms with Crippen molar-refractivity contribution < 1.29 is 9.18 Å². The summed E-state index contributed by atoms with van der Waals surface area (Å²) in [4.78, 5) is 13.8. The topological polar surface area (TPSA) is 46.3 Å². The maximum atomic E-state index is 13.1. The molecule has 0 saturated heterocycles. The Morgan fingerprint density at radius 3 is 2.50 bits per heavy atom. The molecule has 1 rings (SSSR count). The molecule has 0 aliphatic heterocycles. The van der Waals surface area contributed by atoms with Gasteiger partial charge in [0.25, 0.3) is 0 Å². The molecule has 0 fully saturated rings. The second kappa shape index (κ2) is 5.91. The lowest BCUT2D eigenvalue weighted by molar-refractivity contribution is -0.121. The Kier molecular flexibility index (Phi) is 4.78. The quantitative estimate of drug-likeness (QED) is 0.853. The highest BCUT2D eigenvalue weighted by atomic mass is 32.1. The molecule has 1 amide bonds. The first kappa shape index (κ1) is 14.6. The van der Waals surface area contributed by atoms with Gasteiger partial charge in [-0.05, 0) is 24.1 Å². The molecule has 0 heterocycles. The molecule has 5 heteroatoms. The molecule has 1 unspecified atom stereocenters. The summed E-state index contributed by atoms with van der Waals surface area (Å²) >= 11 is 4.92. The summed E-state index contributed by atoms with van der Waals surface area (Å²) in [6.45, 7) is 3.75. The van der Waals surface area contributed by atoms with Gasteiger partial charge in [-0.3, -0.25) is 4.79 Å². The van der Waals surface area contributed by atoms with Gasteiger partial charge in [0.2, 0.25) is 5.91 Å². The number of rotatable bonds is 4. The maximum absolute atomic E-state index is 13.1. The molecule has 3 nitrogen and oxygen atoms in total.